The molecule has 24 heavy (non-hydrogen) atoms. The Bertz CT molecular complexity index is 748. The lowest BCUT2D eigenvalue weighted by Crippen LogP contribution is -2.45. The number of fused-ring (bicyclic) bond motifs is 1. The average Bonchev–Trinajstić information content (AvgIpc) is 2.95. The summed E-state index contributed by atoms with van der Waals surface area (Å²) in [6, 6.07) is 5.62. The number of aromatic amines is 1. The van der Waals surface area contributed by atoms with Gasteiger partial charge in [-0.25, -0.2) is 4.39 Å². The maximum absolute atomic E-state index is 13.2. The number of hydrogen-bond acceptors (Lipinski definition) is 2. The van der Waals surface area contributed by atoms with Crippen LogP contribution in [0, 0.1) is 11.7 Å². The fourth-order valence-electron chi connectivity index (χ4n) is 3.07. The van der Waals surface area contributed by atoms with Gasteiger partial charge in [-0.3, -0.25) is 4.79 Å². The van der Waals surface area contributed by atoms with Crippen molar-refractivity contribution in [3.05, 3.63) is 35.8 Å². The molecule has 0 saturated carbocycles. The number of likely N-dealkylation sites (tertiary alicyclic amines) is 1. The Morgan fingerprint density at radius 1 is 1.25 bits per heavy atom. The van der Waals surface area contributed by atoms with E-state index in [0.717, 1.165) is 0 Å². The predicted octanol–water partition coefficient (Wildman–Crippen LogP) is 3.08. The van der Waals surface area contributed by atoms with Crippen LogP contribution < -0.4 is 0 Å². The monoisotopic (exact) mass is 344 g/mol. The molecule has 4 nitrogen and oxygen atoms in total. The van der Waals surface area contributed by atoms with Crippen LogP contribution >= 0.6 is 0 Å². The Labute approximate surface area is 135 Å². The lowest BCUT2D eigenvalue weighted by atomic mass is 9.91. The molecule has 0 aliphatic carbocycles. The number of carbonyl (C=O) groups excluding carboxylic acids is 1. The van der Waals surface area contributed by atoms with E-state index in [1.165, 1.54) is 29.2 Å². The van der Waals surface area contributed by atoms with Crippen molar-refractivity contribution in [1.82, 2.24) is 9.88 Å². The second kappa shape index (κ2) is 6.08. The average molecular weight is 344 g/mol. The summed E-state index contributed by atoms with van der Waals surface area (Å²) in [6.45, 7) is 0.279. The second-order valence-electron chi connectivity index (χ2n) is 6.03. The Balaban J connectivity index is 1.68. The molecule has 2 aromatic rings. The van der Waals surface area contributed by atoms with Crippen molar-refractivity contribution in [1.29, 1.82) is 0 Å². The molecular formula is C16H16F4N2O2. The van der Waals surface area contributed by atoms with Gasteiger partial charge < -0.3 is 15.0 Å². The minimum absolute atomic E-state index is 0.0846. The van der Waals surface area contributed by atoms with Gasteiger partial charge in [0.15, 0.2) is 6.10 Å². The number of amides is 1. The van der Waals surface area contributed by atoms with Crippen molar-refractivity contribution in [2.24, 2.45) is 5.92 Å². The van der Waals surface area contributed by atoms with E-state index in [1.54, 1.807) is 0 Å². The molecule has 0 spiro atoms. The van der Waals surface area contributed by atoms with Crippen LogP contribution in [-0.2, 0) is 0 Å². The van der Waals surface area contributed by atoms with Gasteiger partial charge in [0, 0.05) is 24.0 Å². The molecular weight excluding hydrogens is 328 g/mol. The van der Waals surface area contributed by atoms with Gasteiger partial charge in [0.05, 0.1) is 0 Å². The number of nitrogens with one attached hydrogen (secondary N) is 1. The fourth-order valence-corrected chi connectivity index (χ4v) is 3.07. The number of aromatic nitrogens is 1. The number of aliphatic hydroxyl groups excluding tert-OH is 1. The van der Waals surface area contributed by atoms with Gasteiger partial charge in [0.25, 0.3) is 5.91 Å². The first-order valence-corrected chi connectivity index (χ1v) is 7.58. The van der Waals surface area contributed by atoms with E-state index in [9.17, 15) is 27.5 Å². The van der Waals surface area contributed by atoms with Gasteiger partial charge in [0.2, 0.25) is 0 Å². The molecule has 1 atom stereocenters. The molecule has 130 valence electrons. The van der Waals surface area contributed by atoms with Crippen molar-refractivity contribution >= 4 is 16.8 Å². The standard InChI is InChI=1S/C16H16F4N2O2/c17-11-1-2-12-10(7-11)8-13(21-12)15(24)22-5-3-9(4-6-22)14(23)16(18,19)20/h1-2,7-9,14,21,23H,3-6H2. The zero-order chi connectivity index (χ0) is 17.5. The molecule has 2 N–H and O–H groups in total. The van der Waals surface area contributed by atoms with Crippen molar-refractivity contribution in [3.8, 4) is 0 Å². The van der Waals surface area contributed by atoms with E-state index in [4.69, 9.17) is 0 Å². The summed E-state index contributed by atoms with van der Waals surface area (Å²) in [7, 11) is 0. The third-order valence-corrected chi connectivity index (χ3v) is 4.42. The van der Waals surface area contributed by atoms with Crippen LogP contribution in [-0.4, -0.2) is 46.3 Å². The number of piperidine rings is 1. The number of carbonyl (C=O) groups is 1. The van der Waals surface area contributed by atoms with Crippen LogP contribution in [0.3, 0.4) is 0 Å². The molecule has 0 bridgehead atoms. The van der Waals surface area contributed by atoms with E-state index in [0.29, 0.717) is 10.9 Å². The van der Waals surface area contributed by atoms with Gasteiger partial charge in [-0.2, -0.15) is 13.2 Å². The summed E-state index contributed by atoms with van der Waals surface area (Å²) >= 11 is 0. The summed E-state index contributed by atoms with van der Waals surface area (Å²) in [5, 5.41) is 9.86. The number of rotatable bonds is 2. The Morgan fingerprint density at radius 2 is 1.92 bits per heavy atom. The lowest BCUT2D eigenvalue weighted by Gasteiger charge is -2.34. The fraction of sp³-hybridized carbons (Fsp3) is 0.438. The number of nitrogens with zero attached hydrogens (tertiary/aromatic N) is 1. The molecule has 1 aromatic carbocycles. The van der Waals surface area contributed by atoms with Gasteiger partial charge in [-0.1, -0.05) is 0 Å². The molecule has 2 heterocycles. The molecule has 3 rings (SSSR count). The first kappa shape index (κ1) is 16.8. The highest BCUT2D eigenvalue weighted by Crippen LogP contribution is 2.32. The number of benzene rings is 1. The van der Waals surface area contributed by atoms with Gasteiger partial charge in [0.1, 0.15) is 11.5 Å². The Morgan fingerprint density at radius 3 is 2.54 bits per heavy atom. The number of alkyl halides is 3. The molecule has 1 amide bonds. The molecule has 1 aromatic heterocycles. The van der Waals surface area contributed by atoms with Crippen LogP contribution in [0.15, 0.2) is 24.3 Å². The zero-order valence-corrected chi connectivity index (χ0v) is 12.6. The largest absolute Gasteiger partial charge is 0.414 e. The lowest BCUT2D eigenvalue weighted by molar-refractivity contribution is -0.222. The third-order valence-electron chi connectivity index (χ3n) is 4.42. The van der Waals surface area contributed by atoms with Crippen molar-refractivity contribution < 1.29 is 27.5 Å². The van der Waals surface area contributed by atoms with Gasteiger partial charge in [-0.05, 0) is 43.0 Å². The summed E-state index contributed by atoms with van der Waals surface area (Å²) in [6.07, 6.45) is -6.83. The molecule has 1 aliphatic rings. The van der Waals surface area contributed by atoms with Crippen molar-refractivity contribution in [2.45, 2.75) is 25.1 Å². The van der Waals surface area contributed by atoms with Crippen LogP contribution in [0.2, 0.25) is 0 Å². The van der Waals surface area contributed by atoms with E-state index in [2.05, 4.69) is 4.98 Å². The summed E-state index contributed by atoms with van der Waals surface area (Å²) in [5.74, 6) is -1.65. The van der Waals surface area contributed by atoms with Gasteiger partial charge in [-0.15, -0.1) is 0 Å². The van der Waals surface area contributed by atoms with E-state index < -0.39 is 24.0 Å². The van der Waals surface area contributed by atoms with E-state index >= 15 is 0 Å². The number of aliphatic hydroxyl groups is 1. The van der Waals surface area contributed by atoms with Gasteiger partial charge >= 0.3 is 6.18 Å². The minimum atomic E-state index is -4.64. The molecule has 1 saturated heterocycles. The van der Waals surface area contributed by atoms with E-state index in [-0.39, 0.29) is 37.5 Å². The maximum Gasteiger partial charge on any atom is 0.414 e. The number of halogens is 4. The molecule has 0 radical (unpaired) electrons. The topological polar surface area (TPSA) is 56.3 Å². The second-order valence-corrected chi connectivity index (χ2v) is 6.03. The molecule has 1 unspecified atom stereocenters. The predicted molar refractivity (Wildman–Crippen MR) is 78.9 cm³/mol. The molecule has 1 fully saturated rings. The van der Waals surface area contributed by atoms with Crippen molar-refractivity contribution in [2.75, 3.05) is 13.1 Å². The van der Waals surface area contributed by atoms with Crippen LogP contribution in [0.5, 0.6) is 0 Å². The normalized spacial score (nSPS) is 18.1. The number of H-pyrrole nitrogens is 1. The summed E-state index contributed by atoms with van der Waals surface area (Å²) < 4.78 is 50.8. The quantitative estimate of drug-likeness (QED) is 0.823. The molecule has 1 aliphatic heterocycles. The first-order chi connectivity index (χ1) is 11.3. The molecule has 8 heteroatoms. The Kier molecular flexibility index (Phi) is 4.25. The smallest absolute Gasteiger partial charge is 0.383 e. The minimum Gasteiger partial charge on any atom is -0.383 e. The highest BCUT2D eigenvalue weighted by Gasteiger charge is 2.44. The maximum atomic E-state index is 13.2. The van der Waals surface area contributed by atoms with Crippen molar-refractivity contribution in [3.63, 3.8) is 0 Å². The van der Waals surface area contributed by atoms with E-state index in [1.807, 2.05) is 0 Å². The summed E-state index contributed by atoms with van der Waals surface area (Å²) in [5.41, 5.74) is 0.882. The Hall–Kier alpha value is -2.09. The van der Waals surface area contributed by atoms with Crippen LogP contribution in [0.1, 0.15) is 23.3 Å². The summed E-state index contributed by atoms with van der Waals surface area (Å²) in [4.78, 5) is 16.8. The third kappa shape index (κ3) is 3.24. The van der Waals surface area contributed by atoms with Crippen LogP contribution in [0.25, 0.3) is 10.9 Å². The van der Waals surface area contributed by atoms with Crippen LogP contribution in [0.4, 0.5) is 17.6 Å². The number of hydrogen-bond donors (Lipinski definition) is 2. The highest BCUT2D eigenvalue weighted by atomic mass is 19.4. The highest BCUT2D eigenvalue weighted by molar-refractivity contribution is 5.98. The SMILES string of the molecule is O=C(c1cc2cc(F)ccc2[nH]1)N1CCC(C(O)C(F)(F)F)CC1. The zero-order valence-electron chi connectivity index (χ0n) is 12.6. The first-order valence-electron chi connectivity index (χ1n) is 7.58.